The first-order valence-electron chi connectivity index (χ1n) is 7.19. The maximum Gasteiger partial charge on any atom is 0.222 e. The van der Waals surface area contributed by atoms with Crippen LogP contribution in [0, 0.1) is 24.2 Å². The average molecular weight is 248 g/mol. The van der Waals surface area contributed by atoms with Crippen molar-refractivity contribution in [2.45, 2.75) is 51.0 Å². The number of nitrogens with zero attached hydrogens (tertiary/aromatic N) is 1. The first-order valence-corrected chi connectivity index (χ1v) is 7.19. The lowest BCUT2D eigenvalue weighted by Crippen LogP contribution is -2.38. The molecule has 1 aliphatic carbocycles. The van der Waals surface area contributed by atoms with E-state index in [1.54, 1.807) is 0 Å². The van der Waals surface area contributed by atoms with Gasteiger partial charge in [-0.15, -0.1) is 12.3 Å². The zero-order valence-electron chi connectivity index (χ0n) is 11.1. The highest BCUT2D eigenvalue weighted by Gasteiger charge is 2.39. The van der Waals surface area contributed by atoms with Crippen molar-refractivity contribution in [3.8, 4) is 12.3 Å². The van der Waals surface area contributed by atoms with Gasteiger partial charge in [0.2, 0.25) is 5.91 Å². The normalized spacial score (nSPS) is 30.9. The van der Waals surface area contributed by atoms with Gasteiger partial charge in [-0.2, -0.15) is 0 Å². The van der Waals surface area contributed by atoms with Crippen LogP contribution >= 0.6 is 0 Å². The molecule has 0 aromatic carbocycles. The second kappa shape index (κ2) is 6.24. The van der Waals surface area contributed by atoms with Gasteiger partial charge in [0, 0.05) is 32.0 Å². The quantitative estimate of drug-likeness (QED) is 0.609. The molecule has 2 rings (SSSR count). The fraction of sp³-hybridized carbons (Fsp3) is 0.800. The lowest BCUT2D eigenvalue weighted by atomic mass is 9.78. The number of nitrogens with two attached hydrogens (primary N) is 1. The lowest BCUT2D eigenvalue weighted by Gasteiger charge is -2.29. The summed E-state index contributed by atoms with van der Waals surface area (Å²) in [6.07, 6.45) is 12.1. The van der Waals surface area contributed by atoms with Crippen molar-refractivity contribution in [2.75, 3.05) is 13.1 Å². The van der Waals surface area contributed by atoms with Crippen LogP contribution < -0.4 is 5.73 Å². The lowest BCUT2D eigenvalue weighted by molar-refractivity contribution is -0.130. The molecule has 3 unspecified atom stereocenters. The van der Waals surface area contributed by atoms with Gasteiger partial charge >= 0.3 is 0 Å². The molecule has 1 saturated heterocycles. The minimum atomic E-state index is 0.300. The Morgan fingerprint density at radius 2 is 2.17 bits per heavy atom. The highest BCUT2D eigenvalue weighted by Crippen LogP contribution is 2.35. The third kappa shape index (κ3) is 3.05. The number of rotatable bonds is 4. The second-order valence-electron chi connectivity index (χ2n) is 5.73. The summed E-state index contributed by atoms with van der Waals surface area (Å²) in [5.41, 5.74) is 6.16. The summed E-state index contributed by atoms with van der Waals surface area (Å²) in [5, 5.41) is 0. The molecule has 3 nitrogen and oxygen atoms in total. The highest BCUT2D eigenvalue weighted by atomic mass is 16.2. The van der Waals surface area contributed by atoms with Crippen molar-refractivity contribution in [1.82, 2.24) is 4.90 Å². The van der Waals surface area contributed by atoms with E-state index in [2.05, 4.69) is 5.92 Å². The Balaban J connectivity index is 1.77. The molecule has 1 aliphatic heterocycles. The van der Waals surface area contributed by atoms with Crippen LogP contribution in [0.2, 0.25) is 0 Å². The molecule has 100 valence electrons. The Morgan fingerprint density at radius 1 is 1.33 bits per heavy atom. The highest BCUT2D eigenvalue weighted by molar-refractivity contribution is 5.76. The van der Waals surface area contributed by atoms with Gasteiger partial charge < -0.3 is 10.6 Å². The van der Waals surface area contributed by atoms with Crippen LogP contribution in [0.15, 0.2) is 0 Å². The molecule has 0 bridgehead atoms. The minimum absolute atomic E-state index is 0.300. The molecule has 0 radical (unpaired) electrons. The van der Waals surface area contributed by atoms with E-state index < -0.39 is 0 Å². The summed E-state index contributed by atoms with van der Waals surface area (Å²) in [5.74, 6) is 4.12. The molecule has 3 heteroatoms. The van der Waals surface area contributed by atoms with Crippen LogP contribution in [-0.4, -0.2) is 29.9 Å². The maximum atomic E-state index is 12.1. The molecule has 2 fully saturated rings. The van der Waals surface area contributed by atoms with Gasteiger partial charge in [-0.1, -0.05) is 6.42 Å². The molecular formula is C15H24N2O. The van der Waals surface area contributed by atoms with E-state index in [0.717, 1.165) is 38.8 Å². The van der Waals surface area contributed by atoms with Gasteiger partial charge in [-0.05, 0) is 37.5 Å². The number of carbonyl (C=O) groups is 1. The summed E-state index contributed by atoms with van der Waals surface area (Å²) in [7, 11) is 0. The summed E-state index contributed by atoms with van der Waals surface area (Å²) in [6, 6.07) is 0.308. The zero-order chi connectivity index (χ0) is 13.0. The summed E-state index contributed by atoms with van der Waals surface area (Å²) in [6.45, 7) is 1.83. The molecule has 1 heterocycles. The number of unbranched alkanes of at least 4 members (excludes halogenated alkanes) is 2. The Labute approximate surface area is 110 Å². The van der Waals surface area contributed by atoms with Crippen molar-refractivity contribution in [3.05, 3.63) is 0 Å². The van der Waals surface area contributed by atoms with Gasteiger partial charge in [-0.25, -0.2) is 0 Å². The number of amides is 1. The Hall–Kier alpha value is -1.01. The molecule has 1 amide bonds. The second-order valence-corrected chi connectivity index (χ2v) is 5.73. The van der Waals surface area contributed by atoms with E-state index in [9.17, 15) is 4.79 Å². The SMILES string of the molecule is C#CCCCCC(=O)N1CC2CCCC(N)C2C1. The molecule has 3 atom stereocenters. The van der Waals surface area contributed by atoms with Crippen LogP contribution in [0.4, 0.5) is 0 Å². The average Bonchev–Trinajstić information content (AvgIpc) is 2.80. The van der Waals surface area contributed by atoms with Crippen molar-refractivity contribution < 1.29 is 4.79 Å². The van der Waals surface area contributed by atoms with Crippen molar-refractivity contribution in [3.63, 3.8) is 0 Å². The fourth-order valence-corrected chi connectivity index (χ4v) is 3.38. The monoisotopic (exact) mass is 248 g/mol. The third-order valence-corrected chi connectivity index (χ3v) is 4.47. The van der Waals surface area contributed by atoms with Gasteiger partial charge in [0.25, 0.3) is 0 Å². The predicted octanol–water partition coefficient (Wildman–Crippen LogP) is 1.77. The van der Waals surface area contributed by atoms with Gasteiger partial charge in [0.05, 0.1) is 0 Å². The van der Waals surface area contributed by atoms with Crippen LogP contribution in [-0.2, 0) is 4.79 Å². The maximum absolute atomic E-state index is 12.1. The molecule has 18 heavy (non-hydrogen) atoms. The van der Waals surface area contributed by atoms with Gasteiger partial charge in [0.1, 0.15) is 0 Å². The molecule has 0 spiro atoms. The minimum Gasteiger partial charge on any atom is -0.342 e. The molecule has 2 N–H and O–H groups in total. The summed E-state index contributed by atoms with van der Waals surface area (Å²) >= 11 is 0. The molecular weight excluding hydrogens is 224 g/mol. The van der Waals surface area contributed by atoms with Crippen LogP contribution in [0.25, 0.3) is 0 Å². The van der Waals surface area contributed by atoms with Crippen LogP contribution in [0.5, 0.6) is 0 Å². The van der Waals surface area contributed by atoms with Gasteiger partial charge in [-0.3, -0.25) is 4.79 Å². The summed E-state index contributed by atoms with van der Waals surface area (Å²) in [4.78, 5) is 14.1. The Kier molecular flexibility index (Phi) is 4.66. The number of carbonyl (C=O) groups excluding carboxylic acids is 1. The van der Waals surface area contributed by atoms with Crippen molar-refractivity contribution >= 4 is 5.91 Å². The molecule has 0 aromatic heterocycles. The fourth-order valence-electron chi connectivity index (χ4n) is 3.38. The predicted molar refractivity (Wildman–Crippen MR) is 72.7 cm³/mol. The van der Waals surface area contributed by atoms with E-state index in [1.807, 2.05) is 4.90 Å². The Bertz CT molecular complexity index is 334. The topological polar surface area (TPSA) is 46.3 Å². The smallest absolute Gasteiger partial charge is 0.222 e. The van der Waals surface area contributed by atoms with E-state index in [-0.39, 0.29) is 0 Å². The number of hydrogen-bond donors (Lipinski definition) is 1. The van der Waals surface area contributed by atoms with Gasteiger partial charge in [0.15, 0.2) is 0 Å². The largest absolute Gasteiger partial charge is 0.342 e. The summed E-state index contributed by atoms with van der Waals surface area (Å²) < 4.78 is 0. The first-order chi connectivity index (χ1) is 8.72. The molecule has 0 aromatic rings. The third-order valence-electron chi connectivity index (χ3n) is 4.47. The zero-order valence-corrected chi connectivity index (χ0v) is 11.1. The van der Waals surface area contributed by atoms with Crippen molar-refractivity contribution in [2.24, 2.45) is 17.6 Å². The number of likely N-dealkylation sites (tertiary alicyclic amines) is 1. The number of hydrogen-bond acceptors (Lipinski definition) is 2. The van der Waals surface area contributed by atoms with E-state index >= 15 is 0 Å². The van der Waals surface area contributed by atoms with Crippen molar-refractivity contribution in [1.29, 1.82) is 0 Å². The number of fused-ring (bicyclic) bond motifs is 1. The van der Waals surface area contributed by atoms with E-state index in [0.29, 0.717) is 30.2 Å². The van der Waals surface area contributed by atoms with Crippen LogP contribution in [0.1, 0.15) is 44.9 Å². The number of terminal acetylenes is 1. The molecule has 1 saturated carbocycles. The van der Waals surface area contributed by atoms with E-state index in [4.69, 9.17) is 12.2 Å². The van der Waals surface area contributed by atoms with E-state index in [1.165, 1.54) is 12.8 Å². The first kappa shape index (κ1) is 13.4. The van der Waals surface area contributed by atoms with Crippen LogP contribution in [0.3, 0.4) is 0 Å². The molecule has 2 aliphatic rings. The Morgan fingerprint density at radius 3 is 2.89 bits per heavy atom. The standard InChI is InChI=1S/C15H24N2O/c1-2-3-4-5-9-15(18)17-10-12-7-6-8-14(16)13(12)11-17/h1,12-14H,3-11,16H2.